The summed E-state index contributed by atoms with van der Waals surface area (Å²) in [5, 5.41) is 10.3. The lowest BCUT2D eigenvalue weighted by Gasteiger charge is -2.06. The molecule has 0 bridgehead atoms. The minimum atomic E-state index is -1.02. The van der Waals surface area contributed by atoms with Gasteiger partial charge in [-0.2, -0.15) is 0 Å². The molecule has 0 radical (unpaired) electrons. The molecule has 0 atom stereocenters. The standard InChI is InChI=1S/C10H12O2/c1-7-3-4-8(2)9(5-7)6-10(11)12/h3-5H,6H2,1-2H3,(H,11,12)/p-1. The first-order valence-electron chi connectivity index (χ1n) is 3.85. The molecular formula is C10H11O2-. The molecular weight excluding hydrogens is 152 g/mol. The SMILES string of the molecule is Cc1ccc(C)c(CC(=O)[O-])c1. The molecule has 1 aromatic carbocycles. The van der Waals surface area contributed by atoms with Gasteiger partial charge in [0.25, 0.3) is 0 Å². The lowest BCUT2D eigenvalue weighted by atomic mass is 10.0. The highest BCUT2D eigenvalue weighted by Gasteiger charge is 1.98. The van der Waals surface area contributed by atoms with Crippen molar-refractivity contribution in [1.29, 1.82) is 0 Å². The predicted octanol–water partition coefficient (Wildman–Crippen LogP) is 0.596. The lowest BCUT2D eigenvalue weighted by Crippen LogP contribution is -2.24. The van der Waals surface area contributed by atoms with E-state index >= 15 is 0 Å². The number of benzene rings is 1. The Labute approximate surface area is 71.8 Å². The summed E-state index contributed by atoms with van der Waals surface area (Å²) >= 11 is 0. The molecule has 0 aliphatic rings. The van der Waals surface area contributed by atoms with Gasteiger partial charge in [0.2, 0.25) is 0 Å². The van der Waals surface area contributed by atoms with Crippen LogP contribution < -0.4 is 5.11 Å². The van der Waals surface area contributed by atoms with E-state index in [0.29, 0.717) is 0 Å². The first-order valence-corrected chi connectivity index (χ1v) is 3.85. The molecule has 0 saturated heterocycles. The number of aliphatic carboxylic acids is 1. The van der Waals surface area contributed by atoms with Crippen molar-refractivity contribution in [3.63, 3.8) is 0 Å². The summed E-state index contributed by atoms with van der Waals surface area (Å²) in [4.78, 5) is 10.3. The van der Waals surface area contributed by atoms with Crippen molar-refractivity contribution in [3.05, 3.63) is 34.9 Å². The van der Waals surface area contributed by atoms with Gasteiger partial charge in [-0.15, -0.1) is 0 Å². The van der Waals surface area contributed by atoms with E-state index in [-0.39, 0.29) is 6.42 Å². The van der Waals surface area contributed by atoms with Gasteiger partial charge in [0.05, 0.1) is 0 Å². The molecule has 12 heavy (non-hydrogen) atoms. The largest absolute Gasteiger partial charge is 0.550 e. The molecule has 0 aliphatic heterocycles. The van der Waals surface area contributed by atoms with Crippen molar-refractivity contribution in [2.24, 2.45) is 0 Å². The van der Waals surface area contributed by atoms with Crippen LogP contribution in [0.25, 0.3) is 0 Å². The second-order valence-electron chi connectivity index (χ2n) is 2.98. The number of rotatable bonds is 2. The van der Waals surface area contributed by atoms with E-state index in [1.807, 2.05) is 32.0 Å². The topological polar surface area (TPSA) is 40.1 Å². The Morgan fingerprint density at radius 2 is 2.08 bits per heavy atom. The maximum Gasteiger partial charge on any atom is 0.0458 e. The van der Waals surface area contributed by atoms with E-state index in [1.165, 1.54) is 0 Å². The summed E-state index contributed by atoms with van der Waals surface area (Å²) in [5.74, 6) is -1.02. The molecule has 0 unspecified atom stereocenters. The Kier molecular flexibility index (Phi) is 2.48. The van der Waals surface area contributed by atoms with Gasteiger partial charge in [-0.3, -0.25) is 0 Å². The maximum atomic E-state index is 10.3. The summed E-state index contributed by atoms with van der Waals surface area (Å²) in [6.07, 6.45) is 0.00745. The Bertz CT molecular complexity index is 303. The van der Waals surface area contributed by atoms with Crippen molar-refractivity contribution in [2.45, 2.75) is 20.3 Å². The Hall–Kier alpha value is -1.31. The van der Waals surface area contributed by atoms with Crippen molar-refractivity contribution in [3.8, 4) is 0 Å². The molecule has 2 heteroatoms. The third-order valence-corrected chi connectivity index (χ3v) is 1.84. The molecule has 0 spiro atoms. The number of carbonyl (C=O) groups excluding carboxylic acids is 1. The molecule has 0 heterocycles. The van der Waals surface area contributed by atoms with Crippen LogP contribution in [-0.2, 0) is 11.2 Å². The van der Waals surface area contributed by atoms with E-state index in [2.05, 4.69) is 0 Å². The zero-order valence-electron chi connectivity index (χ0n) is 7.26. The third kappa shape index (κ3) is 2.09. The smallest absolute Gasteiger partial charge is 0.0458 e. The molecule has 1 aromatic rings. The van der Waals surface area contributed by atoms with Crippen LogP contribution in [0.1, 0.15) is 16.7 Å². The van der Waals surface area contributed by atoms with Crippen LogP contribution in [0.2, 0.25) is 0 Å². The quantitative estimate of drug-likeness (QED) is 0.640. The molecule has 0 saturated carbocycles. The summed E-state index contributed by atoms with van der Waals surface area (Å²) in [6, 6.07) is 5.77. The Balaban J connectivity index is 2.97. The Morgan fingerprint density at radius 3 is 2.67 bits per heavy atom. The molecule has 0 amide bonds. The number of carboxylic acids is 1. The van der Waals surface area contributed by atoms with Gasteiger partial charge >= 0.3 is 0 Å². The van der Waals surface area contributed by atoms with Gasteiger partial charge in [-0.1, -0.05) is 23.8 Å². The average Bonchev–Trinajstić information content (AvgIpc) is 1.96. The number of hydrogen-bond acceptors (Lipinski definition) is 2. The van der Waals surface area contributed by atoms with Crippen LogP contribution in [-0.4, -0.2) is 5.97 Å². The van der Waals surface area contributed by atoms with Crippen LogP contribution in [0.4, 0.5) is 0 Å². The maximum absolute atomic E-state index is 10.3. The van der Waals surface area contributed by atoms with Gasteiger partial charge in [0, 0.05) is 12.4 Å². The van der Waals surface area contributed by atoms with Crippen LogP contribution in [0, 0.1) is 13.8 Å². The van der Waals surface area contributed by atoms with E-state index in [1.54, 1.807) is 0 Å². The summed E-state index contributed by atoms with van der Waals surface area (Å²) in [5.41, 5.74) is 2.93. The highest BCUT2D eigenvalue weighted by atomic mass is 16.4. The number of carbonyl (C=O) groups is 1. The fourth-order valence-corrected chi connectivity index (χ4v) is 1.15. The van der Waals surface area contributed by atoms with E-state index in [4.69, 9.17) is 0 Å². The third-order valence-electron chi connectivity index (χ3n) is 1.84. The van der Waals surface area contributed by atoms with Crippen LogP contribution in [0.15, 0.2) is 18.2 Å². The Morgan fingerprint density at radius 1 is 1.42 bits per heavy atom. The minimum absolute atomic E-state index is 0.00745. The second-order valence-corrected chi connectivity index (χ2v) is 2.98. The van der Waals surface area contributed by atoms with E-state index in [9.17, 15) is 9.90 Å². The minimum Gasteiger partial charge on any atom is -0.550 e. The van der Waals surface area contributed by atoms with Crippen molar-refractivity contribution >= 4 is 5.97 Å². The summed E-state index contributed by atoms with van der Waals surface area (Å²) in [7, 11) is 0. The fourth-order valence-electron chi connectivity index (χ4n) is 1.15. The normalized spacial score (nSPS) is 9.83. The molecule has 2 nitrogen and oxygen atoms in total. The fraction of sp³-hybridized carbons (Fsp3) is 0.300. The van der Waals surface area contributed by atoms with Gasteiger partial charge in [0.15, 0.2) is 0 Å². The zero-order valence-corrected chi connectivity index (χ0v) is 7.26. The van der Waals surface area contributed by atoms with E-state index in [0.717, 1.165) is 16.7 Å². The van der Waals surface area contributed by atoms with Crippen LogP contribution >= 0.6 is 0 Å². The van der Waals surface area contributed by atoms with Crippen molar-refractivity contribution < 1.29 is 9.90 Å². The number of carboxylic acid groups (broad SMARTS) is 1. The zero-order chi connectivity index (χ0) is 9.14. The first-order chi connectivity index (χ1) is 5.59. The first kappa shape index (κ1) is 8.78. The van der Waals surface area contributed by atoms with Crippen LogP contribution in [0.3, 0.4) is 0 Å². The van der Waals surface area contributed by atoms with Crippen molar-refractivity contribution in [1.82, 2.24) is 0 Å². The highest BCUT2D eigenvalue weighted by Crippen LogP contribution is 2.10. The second kappa shape index (κ2) is 3.39. The monoisotopic (exact) mass is 163 g/mol. The summed E-state index contributed by atoms with van der Waals surface area (Å²) < 4.78 is 0. The molecule has 1 rings (SSSR count). The van der Waals surface area contributed by atoms with Crippen LogP contribution in [0.5, 0.6) is 0 Å². The molecule has 0 N–H and O–H groups in total. The van der Waals surface area contributed by atoms with E-state index < -0.39 is 5.97 Å². The van der Waals surface area contributed by atoms with Gasteiger partial charge in [-0.05, 0) is 25.0 Å². The van der Waals surface area contributed by atoms with Gasteiger partial charge < -0.3 is 9.90 Å². The lowest BCUT2D eigenvalue weighted by molar-refractivity contribution is -0.304. The average molecular weight is 163 g/mol. The summed E-state index contributed by atoms with van der Waals surface area (Å²) in [6.45, 7) is 3.84. The van der Waals surface area contributed by atoms with Crippen molar-refractivity contribution in [2.75, 3.05) is 0 Å². The number of aryl methyl sites for hydroxylation is 2. The molecule has 64 valence electrons. The molecule has 0 aromatic heterocycles. The molecule has 0 aliphatic carbocycles. The number of hydrogen-bond donors (Lipinski definition) is 0. The predicted molar refractivity (Wildman–Crippen MR) is 44.6 cm³/mol. The van der Waals surface area contributed by atoms with Gasteiger partial charge in [0.1, 0.15) is 0 Å². The highest BCUT2D eigenvalue weighted by molar-refractivity contribution is 5.68. The molecule has 0 fully saturated rings. The van der Waals surface area contributed by atoms with Gasteiger partial charge in [-0.25, -0.2) is 0 Å².